The van der Waals surface area contributed by atoms with Crippen LogP contribution in [0.2, 0.25) is 0 Å². The Labute approximate surface area is 164 Å². The molecule has 0 radical (unpaired) electrons. The van der Waals surface area contributed by atoms with Crippen molar-refractivity contribution in [3.8, 4) is 5.75 Å². The first-order chi connectivity index (χ1) is 13.4. The van der Waals surface area contributed by atoms with Gasteiger partial charge in [0, 0.05) is 31.3 Å². The van der Waals surface area contributed by atoms with Crippen LogP contribution in [0.3, 0.4) is 0 Å². The molecule has 148 valence electrons. The molecule has 6 heteroatoms. The number of likely N-dealkylation sites (N-methyl/N-ethyl adjacent to an activating group) is 1. The average molecular weight is 384 g/mol. The van der Waals surface area contributed by atoms with Crippen molar-refractivity contribution in [1.29, 1.82) is 0 Å². The third-order valence-electron chi connectivity index (χ3n) is 4.99. The molecule has 2 aromatic carbocycles. The van der Waals surface area contributed by atoms with Crippen LogP contribution in [0.25, 0.3) is 0 Å². The molecule has 1 heterocycles. The molecule has 2 amide bonds. The van der Waals surface area contributed by atoms with Crippen molar-refractivity contribution in [1.82, 2.24) is 9.80 Å². The first-order valence-electron chi connectivity index (χ1n) is 9.40. The quantitative estimate of drug-likeness (QED) is 0.794. The van der Waals surface area contributed by atoms with Crippen molar-refractivity contribution in [2.75, 3.05) is 20.1 Å². The van der Waals surface area contributed by atoms with Gasteiger partial charge in [-0.3, -0.25) is 9.59 Å². The van der Waals surface area contributed by atoms with E-state index in [4.69, 9.17) is 4.74 Å². The molecule has 0 aromatic heterocycles. The summed E-state index contributed by atoms with van der Waals surface area (Å²) >= 11 is 0. The second kappa shape index (κ2) is 8.42. The molecular weight excluding hydrogens is 359 g/mol. The van der Waals surface area contributed by atoms with E-state index in [1.807, 2.05) is 13.8 Å². The van der Waals surface area contributed by atoms with E-state index in [0.717, 1.165) is 0 Å². The summed E-state index contributed by atoms with van der Waals surface area (Å²) in [6.45, 7) is 5.04. The summed E-state index contributed by atoms with van der Waals surface area (Å²) in [6.07, 6.45) is 0. The largest absolute Gasteiger partial charge is 0.489 e. The van der Waals surface area contributed by atoms with E-state index in [1.165, 1.54) is 6.07 Å². The lowest BCUT2D eigenvalue weighted by molar-refractivity contribution is -0.140. The van der Waals surface area contributed by atoms with Gasteiger partial charge in [0.05, 0.1) is 0 Å². The molecular formula is C22H25FN2O3. The van der Waals surface area contributed by atoms with E-state index in [1.54, 1.807) is 59.3 Å². The fourth-order valence-corrected chi connectivity index (χ4v) is 3.38. The van der Waals surface area contributed by atoms with Crippen LogP contribution in [0.5, 0.6) is 5.75 Å². The number of hydrogen-bond acceptors (Lipinski definition) is 3. The smallest absolute Gasteiger partial charge is 0.254 e. The van der Waals surface area contributed by atoms with Gasteiger partial charge in [-0.1, -0.05) is 32.0 Å². The molecule has 28 heavy (non-hydrogen) atoms. The summed E-state index contributed by atoms with van der Waals surface area (Å²) in [5, 5.41) is 0. The van der Waals surface area contributed by atoms with Crippen molar-refractivity contribution in [2.24, 2.45) is 5.92 Å². The zero-order chi connectivity index (χ0) is 20.3. The third-order valence-corrected chi connectivity index (χ3v) is 4.99. The summed E-state index contributed by atoms with van der Waals surface area (Å²) in [7, 11) is 1.77. The standard InChI is InChI=1S/C22H25FN2O3/c1-15(2)20-22(27)24(3)12-13-25(20)21(26)16-8-10-18(11-9-16)28-14-17-6-4-5-7-19(17)23/h4-11,15,20H,12-14H2,1-3H3. The summed E-state index contributed by atoms with van der Waals surface area (Å²) in [6, 6.07) is 12.7. The molecule has 1 atom stereocenters. The Morgan fingerprint density at radius 3 is 2.46 bits per heavy atom. The van der Waals surface area contributed by atoms with Gasteiger partial charge in [-0.15, -0.1) is 0 Å². The van der Waals surface area contributed by atoms with E-state index >= 15 is 0 Å². The van der Waals surface area contributed by atoms with Gasteiger partial charge in [-0.05, 0) is 36.2 Å². The minimum atomic E-state index is -0.455. The predicted octanol–water partition coefficient (Wildman–Crippen LogP) is 3.34. The molecule has 0 N–H and O–H groups in total. The number of nitrogens with zero attached hydrogens (tertiary/aromatic N) is 2. The summed E-state index contributed by atoms with van der Waals surface area (Å²) < 4.78 is 19.3. The highest BCUT2D eigenvalue weighted by Gasteiger charge is 2.38. The molecule has 0 bridgehead atoms. The topological polar surface area (TPSA) is 49.9 Å². The molecule has 1 aliphatic heterocycles. The van der Waals surface area contributed by atoms with E-state index in [0.29, 0.717) is 30.0 Å². The van der Waals surface area contributed by atoms with Gasteiger partial charge in [-0.2, -0.15) is 0 Å². The molecule has 0 saturated carbocycles. The highest BCUT2D eigenvalue weighted by Crippen LogP contribution is 2.22. The van der Waals surface area contributed by atoms with Crippen LogP contribution >= 0.6 is 0 Å². The van der Waals surface area contributed by atoms with E-state index in [2.05, 4.69) is 0 Å². The first kappa shape index (κ1) is 19.9. The number of carbonyl (C=O) groups is 2. The van der Waals surface area contributed by atoms with Gasteiger partial charge >= 0.3 is 0 Å². The number of benzene rings is 2. The van der Waals surface area contributed by atoms with Crippen molar-refractivity contribution < 1.29 is 18.7 Å². The van der Waals surface area contributed by atoms with Gasteiger partial charge in [0.25, 0.3) is 5.91 Å². The lowest BCUT2D eigenvalue weighted by atomic mass is 9.97. The molecule has 3 rings (SSSR count). The van der Waals surface area contributed by atoms with Crippen LogP contribution in [-0.4, -0.2) is 47.8 Å². The minimum Gasteiger partial charge on any atom is -0.489 e. The maximum atomic E-state index is 13.7. The highest BCUT2D eigenvalue weighted by atomic mass is 19.1. The van der Waals surface area contributed by atoms with Crippen LogP contribution in [0.4, 0.5) is 4.39 Å². The monoisotopic (exact) mass is 384 g/mol. The maximum Gasteiger partial charge on any atom is 0.254 e. The average Bonchev–Trinajstić information content (AvgIpc) is 2.69. The predicted molar refractivity (Wildman–Crippen MR) is 104 cm³/mol. The van der Waals surface area contributed by atoms with Crippen LogP contribution in [0.1, 0.15) is 29.8 Å². The Kier molecular flexibility index (Phi) is 5.97. The summed E-state index contributed by atoms with van der Waals surface area (Å²) in [4.78, 5) is 28.8. The van der Waals surface area contributed by atoms with Gasteiger partial charge in [0.1, 0.15) is 24.2 Å². The Morgan fingerprint density at radius 1 is 1.14 bits per heavy atom. The lowest BCUT2D eigenvalue weighted by Gasteiger charge is -2.41. The third kappa shape index (κ3) is 4.16. The number of ether oxygens (including phenoxy) is 1. The number of amides is 2. The molecule has 1 aliphatic rings. The molecule has 5 nitrogen and oxygen atoms in total. The number of hydrogen-bond donors (Lipinski definition) is 0. The number of halogens is 1. The second-order valence-corrected chi connectivity index (χ2v) is 7.35. The number of piperazine rings is 1. The number of carbonyl (C=O) groups excluding carboxylic acids is 2. The van der Waals surface area contributed by atoms with Crippen molar-refractivity contribution in [2.45, 2.75) is 26.5 Å². The normalized spacial score (nSPS) is 17.2. The molecule has 1 saturated heterocycles. The zero-order valence-corrected chi connectivity index (χ0v) is 16.4. The molecule has 0 spiro atoms. The Balaban J connectivity index is 1.69. The number of rotatable bonds is 5. The van der Waals surface area contributed by atoms with Crippen molar-refractivity contribution >= 4 is 11.8 Å². The van der Waals surface area contributed by atoms with Gasteiger partial charge < -0.3 is 14.5 Å². The molecule has 1 unspecified atom stereocenters. The van der Waals surface area contributed by atoms with Gasteiger partial charge in [0.15, 0.2) is 0 Å². The second-order valence-electron chi connectivity index (χ2n) is 7.35. The Hall–Kier alpha value is -2.89. The van der Waals surface area contributed by atoms with Gasteiger partial charge in [-0.25, -0.2) is 4.39 Å². The summed E-state index contributed by atoms with van der Waals surface area (Å²) in [5.41, 5.74) is 0.972. The van der Waals surface area contributed by atoms with Gasteiger partial charge in [0.2, 0.25) is 5.91 Å². The minimum absolute atomic E-state index is 0.0283. The lowest BCUT2D eigenvalue weighted by Crippen LogP contribution is -2.59. The van der Waals surface area contributed by atoms with Crippen LogP contribution in [-0.2, 0) is 11.4 Å². The Morgan fingerprint density at radius 2 is 1.82 bits per heavy atom. The SMILES string of the molecule is CC(C)C1C(=O)N(C)CCN1C(=O)c1ccc(OCc2ccccc2F)cc1. The van der Waals surface area contributed by atoms with Crippen LogP contribution in [0.15, 0.2) is 48.5 Å². The van der Waals surface area contributed by atoms with E-state index in [-0.39, 0.29) is 30.2 Å². The summed E-state index contributed by atoms with van der Waals surface area (Å²) in [5.74, 6) is 0.0752. The first-order valence-corrected chi connectivity index (χ1v) is 9.40. The highest BCUT2D eigenvalue weighted by molar-refractivity contribution is 5.98. The van der Waals surface area contributed by atoms with Crippen LogP contribution < -0.4 is 4.74 Å². The van der Waals surface area contributed by atoms with Crippen LogP contribution in [0, 0.1) is 11.7 Å². The Bertz CT molecular complexity index is 851. The molecule has 0 aliphatic carbocycles. The fraction of sp³-hybridized carbons (Fsp3) is 0.364. The molecule has 1 fully saturated rings. The fourth-order valence-electron chi connectivity index (χ4n) is 3.38. The van der Waals surface area contributed by atoms with E-state index in [9.17, 15) is 14.0 Å². The zero-order valence-electron chi connectivity index (χ0n) is 16.4. The molecule has 2 aromatic rings. The van der Waals surface area contributed by atoms with E-state index < -0.39 is 6.04 Å². The van der Waals surface area contributed by atoms with Crippen molar-refractivity contribution in [3.05, 3.63) is 65.5 Å². The maximum absolute atomic E-state index is 13.7. The van der Waals surface area contributed by atoms with Crippen molar-refractivity contribution in [3.63, 3.8) is 0 Å².